The second kappa shape index (κ2) is 15.1. The summed E-state index contributed by atoms with van der Waals surface area (Å²) in [7, 11) is -4.90. The predicted molar refractivity (Wildman–Crippen MR) is 115 cm³/mol. The van der Waals surface area contributed by atoms with Crippen LogP contribution < -0.4 is 78.7 Å². The number of hydrogen-bond acceptors (Lipinski definition) is 15. The largest absolute Gasteiger partial charge is 1.00 e. The first-order valence-electron chi connectivity index (χ1n) is 10.0. The molecule has 188 valence electrons. The molecule has 14 nitrogen and oxygen atoms in total. The molecular formula is C19H18N4Na2O10S2. The third-order valence-corrected chi connectivity index (χ3v) is 6.12. The van der Waals surface area contributed by atoms with Crippen LogP contribution in [0.5, 0.6) is 17.8 Å². The van der Waals surface area contributed by atoms with E-state index < -0.39 is 15.0 Å². The van der Waals surface area contributed by atoms with Crippen LogP contribution in [0.1, 0.15) is 0 Å². The molecule has 1 N–H and O–H groups in total. The summed E-state index contributed by atoms with van der Waals surface area (Å²) in [4.78, 5) is 14.1. The first-order chi connectivity index (χ1) is 16.9. The van der Waals surface area contributed by atoms with Crippen LogP contribution in [0.2, 0.25) is 0 Å². The minimum atomic E-state index is -4.90. The van der Waals surface area contributed by atoms with Gasteiger partial charge in [0, 0.05) is 23.4 Å². The Morgan fingerprint density at radius 2 is 1.81 bits per heavy atom. The molecule has 0 atom stereocenters. The molecule has 3 aromatic rings. The van der Waals surface area contributed by atoms with Crippen LogP contribution in [0.15, 0.2) is 40.1 Å². The van der Waals surface area contributed by atoms with E-state index in [1.807, 2.05) is 4.90 Å². The number of hydrogen-bond donors (Lipinski definition) is 1. The van der Waals surface area contributed by atoms with Crippen LogP contribution in [-0.2, 0) is 24.2 Å². The van der Waals surface area contributed by atoms with E-state index >= 15 is 0 Å². The summed E-state index contributed by atoms with van der Waals surface area (Å²) in [6.07, 6.45) is 0. The molecule has 0 aliphatic carbocycles. The summed E-state index contributed by atoms with van der Waals surface area (Å²) in [6.45, 7) is 1.73. The third-order valence-electron chi connectivity index (χ3n) is 4.70. The predicted octanol–water partition coefficient (Wildman–Crippen LogP) is -5.83. The molecule has 4 rings (SSSR count). The minimum absolute atomic E-state index is 0. The van der Waals surface area contributed by atoms with E-state index in [-0.39, 0.29) is 106 Å². The molecule has 0 amide bonds. The van der Waals surface area contributed by atoms with Crippen LogP contribution in [0, 0.1) is 0 Å². The van der Waals surface area contributed by atoms with Crippen LogP contribution in [0.4, 0.5) is 5.95 Å². The standard InChI is InChI=1S/C19H20N4O10S2.2Na/c24-5-8-30-18-20-17(23-3-6-29-7-4-23)21-19(22-18)31-13-2-1-12-9-14(34-33-32-25)11-16(15(12)10-13)35(26,27)28;;/h1-2,9-11,24-25H,3-8H2,(H,26,27,28);;/q;2*+1/p-2. The zero-order valence-corrected chi connectivity index (χ0v) is 25.5. The van der Waals surface area contributed by atoms with Gasteiger partial charge >= 0.3 is 71.1 Å². The second-order valence-corrected chi connectivity index (χ2v) is 9.07. The molecule has 18 heteroatoms. The van der Waals surface area contributed by atoms with E-state index in [0.29, 0.717) is 43.7 Å². The van der Waals surface area contributed by atoms with Gasteiger partial charge in [-0.05, 0) is 29.7 Å². The number of anilines is 1. The van der Waals surface area contributed by atoms with Gasteiger partial charge in [0.15, 0.2) is 0 Å². The zero-order valence-electron chi connectivity index (χ0n) is 19.9. The Kier molecular flexibility index (Phi) is 13.2. The quantitative estimate of drug-likeness (QED) is 0.0795. The van der Waals surface area contributed by atoms with E-state index in [2.05, 4.69) is 24.3 Å². The number of aromatic nitrogens is 3. The number of aliphatic hydroxyl groups excluding tert-OH is 1. The molecule has 0 unspecified atom stereocenters. The number of aliphatic hydroxyl groups is 1. The zero-order chi connectivity index (χ0) is 24.8. The maximum atomic E-state index is 11.9. The Morgan fingerprint density at radius 1 is 1.08 bits per heavy atom. The number of fused-ring (bicyclic) bond motifs is 1. The molecule has 0 spiro atoms. The first-order valence-corrected chi connectivity index (χ1v) is 12.2. The van der Waals surface area contributed by atoms with Crippen molar-refractivity contribution in [3.05, 3.63) is 30.3 Å². The summed E-state index contributed by atoms with van der Waals surface area (Å²) < 4.78 is 56.3. The van der Waals surface area contributed by atoms with Gasteiger partial charge in [0.1, 0.15) is 22.5 Å². The van der Waals surface area contributed by atoms with Crippen molar-refractivity contribution in [2.75, 3.05) is 44.4 Å². The summed E-state index contributed by atoms with van der Waals surface area (Å²) in [6, 6.07) is 6.69. The SMILES string of the molecule is O=S(=O)([O-])c1cc(SOO[O-])cc2ccc(Oc3nc(OCCO)nc(N4CCOCC4)n3)cc12.[Na+].[Na+]. The molecule has 0 bridgehead atoms. The van der Waals surface area contributed by atoms with Crippen molar-refractivity contribution in [1.29, 1.82) is 0 Å². The Morgan fingerprint density at radius 3 is 2.49 bits per heavy atom. The van der Waals surface area contributed by atoms with Gasteiger partial charge in [-0.2, -0.15) is 14.3 Å². The number of benzene rings is 2. The molecule has 1 saturated heterocycles. The van der Waals surface area contributed by atoms with E-state index in [0.717, 1.165) is 6.07 Å². The number of morpholine rings is 1. The van der Waals surface area contributed by atoms with Crippen molar-refractivity contribution in [2.45, 2.75) is 9.79 Å². The van der Waals surface area contributed by atoms with Gasteiger partial charge < -0.3 is 34.0 Å². The molecule has 1 aromatic heterocycles. The molecule has 37 heavy (non-hydrogen) atoms. The number of nitrogens with zero attached hydrogens (tertiary/aromatic N) is 4. The van der Waals surface area contributed by atoms with Gasteiger partial charge in [-0.25, -0.2) is 8.42 Å². The number of rotatable bonds is 10. The second-order valence-electron chi connectivity index (χ2n) is 6.95. The normalized spacial score (nSPS) is 13.5. The van der Waals surface area contributed by atoms with Crippen molar-refractivity contribution >= 4 is 38.9 Å². The number of ether oxygens (including phenoxy) is 3. The van der Waals surface area contributed by atoms with Gasteiger partial charge in [-0.15, -0.1) is 4.98 Å². The fourth-order valence-electron chi connectivity index (χ4n) is 3.23. The van der Waals surface area contributed by atoms with Gasteiger partial charge in [0.2, 0.25) is 5.95 Å². The van der Waals surface area contributed by atoms with Crippen molar-refractivity contribution in [3.63, 3.8) is 0 Å². The van der Waals surface area contributed by atoms with Gasteiger partial charge in [0.05, 0.1) is 36.8 Å². The van der Waals surface area contributed by atoms with Crippen LogP contribution >= 0.6 is 12.0 Å². The molecule has 2 aromatic carbocycles. The van der Waals surface area contributed by atoms with Gasteiger partial charge in [0.25, 0.3) is 0 Å². The average molecular weight is 572 g/mol. The van der Waals surface area contributed by atoms with Crippen LogP contribution in [0.25, 0.3) is 10.8 Å². The first kappa shape index (κ1) is 32.4. The molecule has 0 radical (unpaired) electrons. The summed E-state index contributed by atoms with van der Waals surface area (Å²) in [5, 5.41) is 22.8. The van der Waals surface area contributed by atoms with Crippen LogP contribution in [-0.4, -0.2) is 72.5 Å². The average Bonchev–Trinajstić information content (AvgIpc) is 2.85. The van der Waals surface area contributed by atoms with Crippen molar-refractivity contribution in [1.82, 2.24) is 15.0 Å². The Bertz CT molecular complexity index is 1300. The molecule has 1 aliphatic heterocycles. The fraction of sp³-hybridized carbons (Fsp3) is 0.316. The fourth-order valence-corrected chi connectivity index (χ4v) is 4.47. The maximum absolute atomic E-state index is 11.9. The van der Waals surface area contributed by atoms with E-state index in [1.165, 1.54) is 24.3 Å². The molecule has 0 saturated carbocycles. The van der Waals surface area contributed by atoms with Crippen LogP contribution in [0.3, 0.4) is 0 Å². The van der Waals surface area contributed by atoms with Crippen molar-refractivity contribution < 1.29 is 106 Å². The van der Waals surface area contributed by atoms with E-state index in [9.17, 15) is 18.2 Å². The van der Waals surface area contributed by atoms with Gasteiger partial charge in [-0.3, -0.25) is 5.04 Å². The van der Waals surface area contributed by atoms with Crippen molar-refractivity contribution in [3.8, 4) is 17.8 Å². The molecule has 1 aliphatic rings. The monoisotopic (exact) mass is 572 g/mol. The summed E-state index contributed by atoms with van der Waals surface area (Å²) in [5.74, 6) is 0.409. The smallest absolute Gasteiger partial charge is 0.744 e. The Balaban J connectivity index is 0.00000241. The summed E-state index contributed by atoms with van der Waals surface area (Å²) >= 11 is 0.454. The van der Waals surface area contributed by atoms with Gasteiger partial charge in [-0.1, -0.05) is 6.07 Å². The topological polar surface area (TPSA) is 189 Å². The van der Waals surface area contributed by atoms with E-state index in [1.54, 1.807) is 0 Å². The van der Waals surface area contributed by atoms with Crippen molar-refractivity contribution in [2.24, 2.45) is 0 Å². The minimum Gasteiger partial charge on any atom is -0.744 e. The molecule has 2 heterocycles. The molecule has 1 fully saturated rings. The Hall–Kier alpha value is -0.830. The third kappa shape index (κ3) is 8.84. The summed E-state index contributed by atoms with van der Waals surface area (Å²) in [5.41, 5.74) is 0. The van der Waals surface area contributed by atoms with E-state index in [4.69, 9.17) is 19.3 Å². The molecular weight excluding hydrogens is 554 g/mol. The maximum Gasteiger partial charge on any atom is 1.00 e. The Labute approximate surface area is 260 Å².